The molecular formula is C22H25N3O5S2. The first-order valence-corrected chi connectivity index (χ1v) is 13.5. The van der Waals surface area contributed by atoms with Crippen LogP contribution in [0.5, 0.6) is 0 Å². The molecular weight excluding hydrogens is 450 g/mol. The average molecular weight is 476 g/mol. The van der Waals surface area contributed by atoms with Crippen molar-refractivity contribution >= 4 is 38.9 Å². The van der Waals surface area contributed by atoms with E-state index in [0.29, 0.717) is 24.1 Å². The summed E-state index contributed by atoms with van der Waals surface area (Å²) in [6.07, 6.45) is 2.73. The van der Waals surface area contributed by atoms with Gasteiger partial charge in [-0.2, -0.15) is 0 Å². The van der Waals surface area contributed by atoms with Crippen molar-refractivity contribution in [3.05, 3.63) is 44.9 Å². The van der Waals surface area contributed by atoms with Gasteiger partial charge in [-0.05, 0) is 57.0 Å². The minimum Gasteiger partial charge on any atom is -0.344 e. The molecule has 2 aliphatic heterocycles. The molecule has 32 heavy (non-hydrogen) atoms. The van der Waals surface area contributed by atoms with Crippen molar-refractivity contribution in [2.75, 3.05) is 18.1 Å². The number of sulfone groups is 1. The number of imide groups is 1. The number of fused-ring (bicyclic) bond motifs is 2. The van der Waals surface area contributed by atoms with Gasteiger partial charge in [0.2, 0.25) is 0 Å². The molecule has 1 spiro atoms. The quantitative estimate of drug-likeness (QED) is 0.540. The zero-order valence-electron chi connectivity index (χ0n) is 18.0. The molecule has 0 saturated carbocycles. The van der Waals surface area contributed by atoms with Gasteiger partial charge in [0, 0.05) is 33.4 Å². The lowest BCUT2D eigenvalue weighted by atomic mass is 9.80. The van der Waals surface area contributed by atoms with Crippen LogP contribution in [0.25, 0.3) is 0 Å². The molecule has 1 N–H and O–H groups in total. The highest BCUT2D eigenvalue weighted by Gasteiger charge is 2.54. The number of rotatable bonds is 4. The number of urea groups is 1. The molecule has 8 nitrogen and oxygen atoms in total. The summed E-state index contributed by atoms with van der Waals surface area (Å²) in [6, 6.07) is 2.89. The summed E-state index contributed by atoms with van der Waals surface area (Å²) in [6.45, 7) is 3.30. The fraction of sp³-hybridized carbons (Fsp3) is 0.500. The lowest BCUT2D eigenvalue weighted by Crippen LogP contribution is -2.46. The summed E-state index contributed by atoms with van der Waals surface area (Å²) in [4.78, 5) is 41.5. The van der Waals surface area contributed by atoms with Gasteiger partial charge in [0.15, 0.2) is 15.6 Å². The predicted molar refractivity (Wildman–Crippen MR) is 120 cm³/mol. The highest BCUT2D eigenvalue weighted by atomic mass is 32.2. The molecule has 3 amide bonds. The summed E-state index contributed by atoms with van der Waals surface area (Å²) in [5.41, 5.74) is 1.68. The normalized spacial score (nSPS) is 26.6. The minimum atomic E-state index is -3.07. The summed E-state index contributed by atoms with van der Waals surface area (Å²) >= 11 is 1.59. The largest absolute Gasteiger partial charge is 0.344 e. The van der Waals surface area contributed by atoms with Crippen molar-refractivity contribution in [3.8, 4) is 0 Å². The van der Waals surface area contributed by atoms with E-state index in [9.17, 15) is 22.8 Å². The van der Waals surface area contributed by atoms with E-state index >= 15 is 0 Å². The van der Waals surface area contributed by atoms with E-state index in [4.69, 9.17) is 0 Å². The number of nitrogens with zero attached hydrogens (tertiary/aromatic N) is 2. The Labute approximate surface area is 190 Å². The Hall–Kier alpha value is -2.46. The predicted octanol–water partition coefficient (Wildman–Crippen LogP) is 2.49. The second-order valence-corrected chi connectivity index (χ2v) is 12.2. The molecule has 2 atom stereocenters. The number of ketones is 1. The number of carbonyl (C=O) groups is 3. The van der Waals surface area contributed by atoms with Crippen LogP contribution >= 0.6 is 11.3 Å². The fourth-order valence-electron chi connectivity index (χ4n) is 5.51. The lowest BCUT2D eigenvalue weighted by Gasteiger charge is -2.31. The molecule has 0 aromatic carbocycles. The smallest absolute Gasteiger partial charge is 0.325 e. The number of carbonyl (C=O) groups excluding carboxylic acids is 3. The van der Waals surface area contributed by atoms with Gasteiger partial charge in [0.05, 0.1) is 18.1 Å². The van der Waals surface area contributed by atoms with Crippen molar-refractivity contribution < 1.29 is 22.8 Å². The highest BCUT2D eigenvalue weighted by molar-refractivity contribution is 7.91. The number of nitrogens with one attached hydrogen (secondary N) is 1. The van der Waals surface area contributed by atoms with Gasteiger partial charge in [0.25, 0.3) is 5.91 Å². The summed E-state index contributed by atoms with van der Waals surface area (Å²) in [7, 11) is -3.07. The van der Waals surface area contributed by atoms with Crippen molar-refractivity contribution in [1.29, 1.82) is 0 Å². The maximum atomic E-state index is 13.4. The van der Waals surface area contributed by atoms with Crippen molar-refractivity contribution in [2.24, 2.45) is 0 Å². The number of thiophene rings is 1. The number of aryl methyl sites for hydroxylation is 2. The van der Waals surface area contributed by atoms with Crippen LogP contribution in [0.1, 0.15) is 57.5 Å². The van der Waals surface area contributed by atoms with Crippen LogP contribution < -0.4 is 5.32 Å². The first-order chi connectivity index (χ1) is 15.1. The first kappa shape index (κ1) is 21.4. The molecule has 2 saturated heterocycles. The van der Waals surface area contributed by atoms with Crippen molar-refractivity contribution in [2.45, 2.75) is 51.1 Å². The van der Waals surface area contributed by atoms with Crippen LogP contribution in [0, 0.1) is 13.8 Å². The van der Waals surface area contributed by atoms with E-state index in [0.717, 1.165) is 33.9 Å². The Balaban J connectivity index is 1.40. The first-order valence-electron chi connectivity index (χ1n) is 10.8. The van der Waals surface area contributed by atoms with Crippen LogP contribution in [-0.2, 0) is 26.6 Å². The highest BCUT2D eigenvalue weighted by Crippen LogP contribution is 2.42. The molecule has 0 bridgehead atoms. The summed E-state index contributed by atoms with van der Waals surface area (Å²) < 4.78 is 25.8. The molecule has 170 valence electrons. The number of hydrogen-bond donors (Lipinski definition) is 1. The molecule has 5 rings (SSSR count). The summed E-state index contributed by atoms with van der Waals surface area (Å²) in [5, 5.41) is 4.81. The lowest BCUT2D eigenvalue weighted by molar-refractivity contribution is -0.131. The maximum Gasteiger partial charge on any atom is 0.325 e. The van der Waals surface area contributed by atoms with Crippen LogP contribution in [0.4, 0.5) is 4.79 Å². The molecule has 0 radical (unpaired) electrons. The molecule has 10 heteroatoms. The zero-order chi connectivity index (χ0) is 22.8. The van der Waals surface area contributed by atoms with Crippen LogP contribution in [0.2, 0.25) is 0 Å². The fourth-order valence-corrected chi connectivity index (χ4v) is 8.21. The van der Waals surface area contributed by atoms with Gasteiger partial charge in [-0.25, -0.2) is 13.2 Å². The molecule has 4 heterocycles. The van der Waals surface area contributed by atoms with Gasteiger partial charge in [-0.15, -0.1) is 11.3 Å². The van der Waals surface area contributed by atoms with Crippen LogP contribution in [0.3, 0.4) is 0 Å². The Morgan fingerprint density at radius 3 is 2.81 bits per heavy atom. The van der Waals surface area contributed by atoms with E-state index in [1.165, 1.54) is 0 Å². The Morgan fingerprint density at radius 1 is 1.31 bits per heavy atom. The van der Waals surface area contributed by atoms with E-state index in [1.807, 2.05) is 22.9 Å². The van der Waals surface area contributed by atoms with Crippen molar-refractivity contribution in [3.63, 3.8) is 0 Å². The third-order valence-corrected chi connectivity index (χ3v) is 9.73. The van der Waals surface area contributed by atoms with Crippen molar-refractivity contribution in [1.82, 2.24) is 14.8 Å². The van der Waals surface area contributed by atoms with Gasteiger partial charge in [-0.1, -0.05) is 0 Å². The summed E-state index contributed by atoms with van der Waals surface area (Å²) in [5.74, 6) is -0.485. The second-order valence-electron chi connectivity index (χ2n) is 8.97. The number of aromatic nitrogens is 1. The van der Waals surface area contributed by atoms with Gasteiger partial charge in [0.1, 0.15) is 5.54 Å². The molecule has 2 aromatic heterocycles. The van der Waals surface area contributed by atoms with E-state index in [-0.39, 0.29) is 35.8 Å². The standard InChI is InChI=1S/C22H25N3O5S2/c1-13-10-16(14(2)25(13)15-6-9-32(29,30)12-15)18(26)11-24-20(27)22(23-21(24)28)7-3-4-19-17(22)5-8-31-19/h5,8,10,15H,3-4,6-7,9,11-12H2,1-2H3,(H,23,28)/t15-,22-/m0/s1. The van der Waals surface area contributed by atoms with Gasteiger partial charge < -0.3 is 9.88 Å². The van der Waals surface area contributed by atoms with E-state index in [1.54, 1.807) is 24.3 Å². The SMILES string of the molecule is Cc1cc(C(=O)CN2C(=O)N[C@]3(CCCc4sccc43)C2=O)c(C)n1[C@H]1CCS(=O)(=O)C1. The second kappa shape index (κ2) is 7.28. The van der Waals surface area contributed by atoms with Gasteiger partial charge >= 0.3 is 6.03 Å². The topological polar surface area (TPSA) is 106 Å². The monoisotopic (exact) mass is 475 g/mol. The number of hydrogen-bond acceptors (Lipinski definition) is 6. The Morgan fingerprint density at radius 2 is 2.09 bits per heavy atom. The zero-order valence-corrected chi connectivity index (χ0v) is 19.6. The van der Waals surface area contributed by atoms with E-state index < -0.39 is 21.4 Å². The molecule has 1 aliphatic carbocycles. The molecule has 3 aliphatic rings. The van der Waals surface area contributed by atoms with E-state index in [2.05, 4.69) is 5.32 Å². The molecule has 2 aromatic rings. The third-order valence-electron chi connectivity index (χ3n) is 7.00. The number of Topliss-reactive ketones (excluding diaryl/α,β-unsaturated/α-hetero) is 1. The van der Waals surface area contributed by atoms with Gasteiger partial charge in [-0.3, -0.25) is 14.5 Å². The average Bonchev–Trinajstić information content (AvgIpc) is 3.46. The Bertz CT molecular complexity index is 1260. The van der Waals surface area contributed by atoms with Crippen LogP contribution in [-0.4, -0.2) is 53.7 Å². The third kappa shape index (κ3) is 3.14. The van der Waals surface area contributed by atoms with Crippen LogP contribution in [0.15, 0.2) is 17.5 Å². The maximum absolute atomic E-state index is 13.4. The molecule has 2 fully saturated rings. The Kier molecular flexibility index (Phi) is 4.86. The molecule has 0 unspecified atom stereocenters. The number of amides is 3. The minimum absolute atomic E-state index is 0.0650.